The fraction of sp³-hybridized carbons (Fsp3) is 0.867. The molecule has 18 heavy (non-hydrogen) atoms. The lowest BCUT2D eigenvalue weighted by Gasteiger charge is -2.51. The second kappa shape index (κ2) is 4.67. The quantitative estimate of drug-likeness (QED) is 0.532. The smallest absolute Gasteiger partial charge is 0.316 e. The first kappa shape index (κ1) is 13.6. The van der Waals surface area contributed by atoms with Gasteiger partial charge in [-0.1, -0.05) is 20.8 Å². The van der Waals surface area contributed by atoms with Crippen LogP contribution >= 0.6 is 0 Å². The molecule has 4 atom stereocenters. The van der Waals surface area contributed by atoms with E-state index in [1.807, 2.05) is 0 Å². The Morgan fingerprint density at radius 3 is 2.61 bits per heavy atom. The van der Waals surface area contributed by atoms with E-state index in [2.05, 4.69) is 20.8 Å². The normalized spacial score (nSPS) is 39.0. The molecule has 3 nitrogen and oxygen atoms in total. The Kier molecular flexibility index (Phi) is 3.52. The Balaban J connectivity index is 2.34. The molecule has 2 fully saturated rings. The highest BCUT2D eigenvalue weighted by Gasteiger charge is 2.52. The highest BCUT2D eigenvalue weighted by Crippen LogP contribution is 2.53. The van der Waals surface area contributed by atoms with E-state index >= 15 is 0 Å². The summed E-state index contributed by atoms with van der Waals surface area (Å²) < 4.78 is 4.87. The molecule has 102 valence electrons. The van der Waals surface area contributed by atoms with Crippen molar-refractivity contribution in [2.45, 2.75) is 46.5 Å². The maximum absolute atomic E-state index is 12.1. The van der Waals surface area contributed by atoms with Gasteiger partial charge >= 0.3 is 5.97 Å². The number of rotatable bonds is 1. The van der Waals surface area contributed by atoms with Gasteiger partial charge in [-0.05, 0) is 42.4 Å². The maximum Gasteiger partial charge on any atom is 0.316 e. The van der Waals surface area contributed by atoms with E-state index in [1.165, 1.54) is 13.5 Å². The number of esters is 1. The zero-order valence-corrected chi connectivity index (χ0v) is 11.9. The lowest BCUT2D eigenvalue weighted by molar-refractivity contribution is -0.160. The van der Waals surface area contributed by atoms with Crippen LogP contribution in [0.25, 0.3) is 0 Å². The average molecular weight is 252 g/mol. The number of ether oxygens (including phenoxy) is 1. The van der Waals surface area contributed by atoms with Crippen LogP contribution < -0.4 is 0 Å². The summed E-state index contributed by atoms with van der Waals surface area (Å²) in [5, 5.41) is 0. The number of fused-ring (bicyclic) bond motifs is 1. The molecule has 2 aliphatic rings. The lowest BCUT2D eigenvalue weighted by Crippen LogP contribution is -2.50. The summed E-state index contributed by atoms with van der Waals surface area (Å²) in [4.78, 5) is 24.1. The van der Waals surface area contributed by atoms with Gasteiger partial charge in [-0.3, -0.25) is 9.59 Å². The van der Waals surface area contributed by atoms with E-state index in [-0.39, 0.29) is 23.1 Å². The van der Waals surface area contributed by atoms with Gasteiger partial charge in [0, 0.05) is 6.42 Å². The third-order valence-corrected chi connectivity index (χ3v) is 5.26. The predicted molar refractivity (Wildman–Crippen MR) is 68.9 cm³/mol. The standard InChI is InChI=1S/C15H24O3/c1-9-7-8-15(2,3)10-5-6-11(16)13(12(9)10)14(17)18-4/h9-10,12-13H,5-8H2,1-4H3/t9-,10?,12?,13?/m0/s1. The number of carbonyl (C=O) groups excluding carboxylic acids is 2. The van der Waals surface area contributed by atoms with Crippen molar-refractivity contribution in [3.05, 3.63) is 0 Å². The molecule has 2 aliphatic carbocycles. The van der Waals surface area contributed by atoms with Crippen molar-refractivity contribution in [1.82, 2.24) is 0 Å². The summed E-state index contributed by atoms with van der Waals surface area (Å²) in [6.45, 7) is 6.74. The Hall–Kier alpha value is -0.860. The molecule has 3 unspecified atom stereocenters. The molecule has 2 saturated carbocycles. The monoisotopic (exact) mass is 252 g/mol. The van der Waals surface area contributed by atoms with Gasteiger partial charge in [0.25, 0.3) is 0 Å². The highest BCUT2D eigenvalue weighted by atomic mass is 16.5. The summed E-state index contributed by atoms with van der Waals surface area (Å²) in [5.41, 5.74) is 0.240. The minimum absolute atomic E-state index is 0.0904. The first-order chi connectivity index (χ1) is 8.38. The molecule has 0 aromatic rings. The van der Waals surface area contributed by atoms with Crippen LogP contribution in [0.5, 0.6) is 0 Å². The van der Waals surface area contributed by atoms with E-state index in [9.17, 15) is 9.59 Å². The first-order valence-corrected chi connectivity index (χ1v) is 6.99. The number of methoxy groups -OCH3 is 1. The highest BCUT2D eigenvalue weighted by molar-refractivity contribution is 6.00. The molecule has 0 saturated heterocycles. The van der Waals surface area contributed by atoms with Gasteiger partial charge in [0.05, 0.1) is 7.11 Å². The summed E-state index contributed by atoms with van der Waals surface area (Å²) in [7, 11) is 1.39. The molecule has 0 radical (unpaired) electrons. The van der Waals surface area contributed by atoms with Crippen molar-refractivity contribution in [2.24, 2.45) is 29.1 Å². The lowest BCUT2D eigenvalue weighted by atomic mass is 9.52. The SMILES string of the molecule is COC(=O)C1C(=O)CCC2C1[C@@H](C)CCC2(C)C. The fourth-order valence-electron chi connectivity index (χ4n) is 4.12. The van der Waals surface area contributed by atoms with E-state index in [0.717, 1.165) is 12.8 Å². The van der Waals surface area contributed by atoms with Crippen LogP contribution in [0.2, 0.25) is 0 Å². The van der Waals surface area contributed by atoms with Crippen molar-refractivity contribution in [2.75, 3.05) is 7.11 Å². The number of ketones is 1. The minimum atomic E-state index is -0.511. The van der Waals surface area contributed by atoms with Crippen LogP contribution in [0.3, 0.4) is 0 Å². The molecule has 0 aliphatic heterocycles. The van der Waals surface area contributed by atoms with Crippen molar-refractivity contribution in [3.8, 4) is 0 Å². The van der Waals surface area contributed by atoms with Gasteiger partial charge in [0.1, 0.15) is 11.7 Å². The van der Waals surface area contributed by atoms with Gasteiger partial charge in [-0.2, -0.15) is 0 Å². The molecule has 2 rings (SSSR count). The van der Waals surface area contributed by atoms with Gasteiger partial charge < -0.3 is 4.74 Å². The Morgan fingerprint density at radius 2 is 2.00 bits per heavy atom. The number of carbonyl (C=O) groups is 2. The largest absolute Gasteiger partial charge is 0.468 e. The zero-order valence-electron chi connectivity index (χ0n) is 11.9. The molecule has 3 heteroatoms. The van der Waals surface area contributed by atoms with Gasteiger partial charge in [0.2, 0.25) is 0 Å². The molecule has 0 bridgehead atoms. The molecular formula is C15H24O3. The third kappa shape index (κ3) is 2.08. The molecule has 0 aromatic heterocycles. The third-order valence-electron chi connectivity index (χ3n) is 5.26. The number of hydrogen-bond acceptors (Lipinski definition) is 3. The van der Waals surface area contributed by atoms with Gasteiger partial charge in [-0.25, -0.2) is 0 Å². The number of hydrogen-bond donors (Lipinski definition) is 0. The predicted octanol–water partition coefficient (Wildman–Crippen LogP) is 2.83. The van der Waals surface area contributed by atoms with Crippen LogP contribution in [0.15, 0.2) is 0 Å². The zero-order chi connectivity index (χ0) is 13.5. The molecular weight excluding hydrogens is 228 g/mol. The molecule has 0 N–H and O–H groups in total. The second-order valence-electron chi connectivity index (χ2n) is 6.69. The van der Waals surface area contributed by atoms with E-state index in [1.54, 1.807) is 0 Å². The van der Waals surface area contributed by atoms with Crippen molar-refractivity contribution in [1.29, 1.82) is 0 Å². The van der Waals surface area contributed by atoms with Crippen LogP contribution in [0.1, 0.15) is 46.5 Å². The molecule has 0 heterocycles. The number of Topliss-reactive ketones (excluding diaryl/α,β-unsaturated/α-hetero) is 1. The summed E-state index contributed by atoms with van der Waals surface area (Å²) in [5.74, 6) is 0.358. The van der Waals surface area contributed by atoms with Crippen LogP contribution in [-0.2, 0) is 14.3 Å². The Labute approximate surface area is 109 Å². The van der Waals surface area contributed by atoms with Crippen molar-refractivity contribution in [3.63, 3.8) is 0 Å². The van der Waals surface area contributed by atoms with E-state index in [4.69, 9.17) is 4.74 Å². The van der Waals surface area contributed by atoms with Gasteiger partial charge in [-0.15, -0.1) is 0 Å². The first-order valence-electron chi connectivity index (χ1n) is 6.99. The minimum Gasteiger partial charge on any atom is -0.468 e. The Bertz CT molecular complexity index is 351. The van der Waals surface area contributed by atoms with Crippen LogP contribution in [-0.4, -0.2) is 18.9 Å². The maximum atomic E-state index is 12.1. The topological polar surface area (TPSA) is 43.4 Å². The second-order valence-corrected chi connectivity index (χ2v) is 6.69. The average Bonchev–Trinajstić information content (AvgIpc) is 2.33. The van der Waals surface area contributed by atoms with Crippen molar-refractivity contribution >= 4 is 11.8 Å². The van der Waals surface area contributed by atoms with Crippen molar-refractivity contribution < 1.29 is 14.3 Å². The molecule has 0 amide bonds. The molecule has 0 aromatic carbocycles. The van der Waals surface area contributed by atoms with Gasteiger partial charge in [0.15, 0.2) is 0 Å². The molecule has 0 spiro atoms. The summed E-state index contributed by atoms with van der Waals surface area (Å²) >= 11 is 0. The summed E-state index contributed by atoms with van der Waals surface area (Å²) in [6.07, 6.45) is 3.78. The summed E-state index contributed by atoms with van der Waals surface area (Å²) in [6, 6.07) is 0. The van der Waals surface area contributed by atoms with Crippen LogP contribution in [0, 0.1) is 29.1 Å². The van der Waals surface area contributed by atoms with E-state index in [0.29, 0.717) is 18.3 Å². The Morgan fingerprint density at radius 1 is 1.33 bits per heavy atom. The van der Waals surface area contributed by atoms with Crippen LogP contribution in [0.4, 0.5) is 0 Å². The fourth-order valence-corrected chi connectivity index (χ4v) is 4.12. The van der Waals surface area contributed by atoms with E-state index < -0.39 is 5.92 Å².